The van der Waals surface area contributed by atoms with Gasteiger partial charge in [0.2, 0.25) is 5.91 Å². The molecule has 2 unspecified atom stereocenters. The molecule has 8 heteroatoms. The minimum atomic E-state index is -1.25. The van der Waals surface area contributed by atoms with Crippen molar-refractivity contribution in [3.8, 4) is 11.1 Å². The third kappa shape index (κ3) is 4.70. The fourth-order valence-corrected chi connectivity index (χ4v) is 4.07. The van der Waals surface area contributed by atoms with Gasteiger partial charge in [0.05, 0.1) is 25.6 Å². The van der Waals surface area contributed by atoms with Crippen LogP contribution in [-0.2, 0) is 27.3 Å². The monoisotopic (exact) mass is 433 g/mol. The second-order valence-electron chi connectivity index (χ2n) is 8.21. The molecular formula is C24H27N5O3. The summed E-state index contributed by atoms with van der Waals surface area (Å²) in [6, 6.07) is 13.6. The van der Waals surface area contributed by atoms with Crippen LogP contribution in [0.25, 0.3) is 11.1 Å². The van der Waals surface area contributed by atoms with Gasteiger partial charge in [-0.1, -0.05) is 37.3 Å². The van der Waals surface area contributed by atoms with Gasteiger partial charge in [0, 0.05) is 37.8 Å². The molecule has 2 aromatic heterocycles. The van der Waals surface area contributed by atoms with E-state index in [0.717, 1.165) is 16.7 Å². The Hall–Kier alpha value is -3.52. The smallest absolute Gasteiger partial charge is 0.251 e. The van der Waals surface area contributed by atoms with Gasteiger partial charge in [-0.15, -0.1) is 0 Å². The number of rotatable bonds is 7. The summed E-state index contributed by atoms with van der Waals surface area (Å²) in [4.78, 5) is 31.4. The van der Waals surface area contributed by atoms with E-state index in [9.17, 15) is 9.59 Å². The molecule has 4 rings (SSSR count). The number of benzene rings is 1. The lowest BCUT2D eigenvalue weighted by Gasteiger charge is -2.41. The van der Waals surface area contributed by atoms with Crippen LogP contribution in [0.2, 0.25) is 0 Å². The standard InChI is InChI=1S/C24H27N5O3/c1-18(16-29-11-3-10-27-29)22(30)28-12-13-32-24(17-28,23(25)31)14-19-5-7-20(8-6-19)21-4-2-9-26-15-21/h2-11,15,18H,12-14,16-17H2,1H3,(H2,25,31). The number of nitrogens with zero attached hydrogens (tertiary/aromatic N) is 4. The first-order valence-electron chi connectivity index (χ1n) is 10.7. The number of pyridine rings is 1. The maximum Gasteiger partial charge on any atom is 0.251 e. The summed E-state index contributed by atoms with van der Waals surface area (Å²) in [5.41, 5.74) is 7.50. The molecule has 2 atom stereocenters. The topological polar surface area (TPSA) is 103 Å². The van der Waals surface area contributed by atoms with E-state index in [1.54, 1.807) is 28.2 Å². The molecule has 8 nitrogen and oxygen atoms in total. The summed E-state index contributed by atoms with van der Waals surface area (Å²) in [5, 5.41) is 4.17. The van der Waals surface area contributed by atoms with Crippen LogP contribution in [0.5, 0.6) is 0 Å². The number of aromatic nitrogens is 3. The first-order chi connectivity index (χ1) is 15.5. The van der Waals surface area contributed by atoms with Crippen molar-refractivity contribution < 1.29 is 14.3 Å². The molecule has 0 spiro atoms. The Morgan fingerprint density at radius 3 is 2.62 bits per heavy atom. The van der Waals surface area contributed by atoms with Crippen molar-refractivity contribution in [3.05, 3.63) is 72.8 Å². The molecule has 1 saturated heterocycles. The van der Waals surface area contributed by atoms with E-state index in [-0.39, 0.29) is 25.0 Å². The first kappa shape index (κ1) is 21.7. The Bertz CT molecular complexity index is 1050. The predicted molar refractivity (Wildman–Crippen MR) is 119 cm³/mol. The Labute approximate surface area is 187 Å². The van der Waals surface area contributed by atoms with Crippen molar-refractivity contribution in [1.29, 1.82) is 0 Å². The zero-order valence-electron chi connectivity index (χ0n) is 18.1. The van der Waals surface area contributed by atoms with E-state index in [0.29, 0.717) is 19.5 Å². The Balaban J connectivity index is 1.48. The summed E-state index contributed by atoms with van der Waals surface area (Å²) in [6.07, 6.45) is 7.35. The van der Waals surface area contributed by atoms with Gasteiger partial charge in [-0.3, -0.25) is 19.3 Å². The zero-order chi connectivity index (χ0) is 22.6. The molecular weight excluding hydrogens is 406 g/mol. The minimum Gasteiger partial charge on any atom is -0.367 e. The number of carbonyl (C=O) groups excluding carboxylic acids is 2. The maximum absolute atomic E-state index is 13.1. The second-order valence-corrected chi connectivity index (χ2v) is 8.21. The fourth-order valence-electron chi connectivity index (χ4n) is 4.07. The van der Waals surface area contributed by atoms with E-state index in [1.807, 2.05) is 55.6 Å². The summed E-state index contributed by atoms with van der Waals surface area (Å²) >= 11 is 0. The molecule has 3 aromatic rings. The first-order valence-corrected chi connectivity index (χ1v) is 10.7. The van der Waals surface area contributed by atoms with Crippen molar-refractivity contribution in [2.45, 2.75) is 25.5 Å². The highest BCUT2D eigenvalue weighted by Crippen LogP contribution is 2.26. The van der Waals surface area contributed by atoms with Gasteiger partial charge in [0.25, 0.3) is 5.91 Å². The highest BCUT2D eigenvalue weighted by molar-refractivity contribution is 5.86. The lowest BCUT2D eigenvalue weighted by atomic mass is 9.90. The normalized spacial score (nSPS) is 19.5. The number of nitrogens with two attached hydrogens (primary N) is 1. The number of morpholine rings is 1. The van der Waals surface area contributed by atoms with Crippen LogP contribution in [0, 0.1) is 5.92 Å². The van der Waals surface area contributed by atoms with Crippen molar-refractivity contribution in [3.63, 3.8) is 0 Å². The second kappa shape index (κ2) is 9.32. The third-order valence-electron chi connectivity index (χ3n) is 5.83. The molecule has 1 aromatic carbocycles. The molecule has 0 aliphatic carbocycles. The van der Waals surface area contributed by atoms with Crippen LogP contribution >= 0.6 is 0 Å². The maximum atomic E-state index is 13.1. The highest BCUT2D eigenvalue weighted by atomic mass is 16.5. The number of hydrogen-bond acceptors (Lipinski definition) is 5. The van der Waals surface area contributed by atoms with Crippen molar-refractivity contribution in [1.82, 2.24) is 19.7 Å². The van der Waals surface area contributed by atoms with Crippen LogP contribution in [0.15, 0.2) is 67.3 Å². The molecule has 1 aliphatic heterocycles. The lowest BCUT2D eigenvalue weighted by molar-refractivity contribution is -0.165. The Morgan fingerprint density at radius 2 is 1.97 bits per heavy atom. The van der Waals surface area contributed by atoms with E-state index in [2.05, 4.69) is 10.1 Å². The average Bonchev–Trinajstić information content (AvgIpc) is 3.33. The quantitative estimate of drug-likeness (QED) is 0.613. The molecule has 0 radical (unpaired) electrons. The number of hydrogen-bond donors (Lipinski definition) is 1. The summed E-state index contributed by atoms with van der Waals surface area (Å²) in [7, 11) is 0. The molecule has 166 valence electrons. The number of amides is 2. The molecule has 2 amide bonds. The number of carbonyl (C=O) groups is 2. The largest absolute Gasteiger partial charge is 0.367 e. The van der Waals surface area contributed by atoms with Crippen molar-refractivity contribution in [2.24, 2.45) is 11.7 Å². The average molecular weight is 434 g/mol. The molecule has 1 aliphatic rings. The van der Waals surface area contributed by atoms with E-state index in [4.69, 9.17) is 10.5 Å². The van der Waals surface area contributed by atoms with Crippen LogP contribution < -0.4 is 5.73 Å². The van der Waals surface area contributed by atoms with E-state index in [1.165, 1.54) is 0 Å². The highest BCUT2D eigenvalue weighted by Gasteiger charge is 2.44. The molecule has 32 heavy (non-hydrogen) atoms. The summed E-state index contributed by atoms with van der Waals surface area (Å²) in [5.74, 6) is -0.884. The van der Waals surface area contributed by atoms with Crippen molar-refractivity contribution >= 4 is 11.8 Å². The van der Waals surface area contributed by atoms with Crippen LogP contribution in [0.1, 0.15) is 12.5 Å². The predicted octanol–water partition coefficient (Wildman–Crippen LogP) is 1.91. The van der Waals surface area contributed by atoms with Gasteiger partial charge in [0.15, 0.2) is 5.60 Å². The summed E-state index contributed by atoms with van der Waals surface area (Å²) < 4.78 is 7.65. The van der Waals surface area contributed by atoms with Crippen LogP contribution in [0.3, 0.4) is 0 Å². The van der Waals surface area contributed by atoms with E-state index >= 15 is 0 Å². The van der Waals surface area contributed by atoms with Crippen molar-refractivity contribution in [2.75, 3.05) is 19.7 Å². The molecule has 2 N–H and O–H groups in total. The van der Waals surface area contributed by atoms with Gasteiger partial charge in [-0.25, -0.2) is 0 Å². The number of ether oxygens (including phenoxy) is 1. The minimum absolute atomic E-state index is 0.0404. The van der Waals surface area contributed by atoms with Gasteiger partial charge in [0.1, 0.15) is 0 Å². The van der Waals surface area contributed by atoms with Crippen LogP contribution in [-0.4, -0.2) is 56.8 Å². The fraction of sp³-hybridized carbons (Fsp3) is 0.333. The number of primary amides is 1. The Morgan fingerprint density at radius 1 is 1.16 bits per heavy atom. The van der Waals surface area contributed by atoms with Gasteiger partial charge >= 0.3 is 0 Å². The van der Waals surface area contributed by atoms with Crippen LogP contribution in [0.4, 0.5) is 0 Å². The molecule has 3 heterocycles. The van der Waals surface area contributed by atoms with E-state index < -0.39 is 11.5 Å². The lowest BCUT2D eigenvalue weighted by Crippen LogP contribution is -2.61. The molecule has 0 saturated carbocycles. The van der Waals surface area contributed by atoms with Gasteiger partial charge in [-0.05, 0) is 28.8 Å². The summed E-state index contributed by atoms with van der Waals surface area (Å²) in [6.45, 7) is 3.16. The SMILES string of the molecule is CC(Cn1cccn1)C(=O)N1CCOC(Cc2ccc(-c3cccnc3)cc2)(C(N)=O)C1. The van der Waals surface area contributed by atoms with Gasteiger partial charge < -0.3 is 15.4 Å². The van der Waals surface area contributed by atoms with Gasteiger partial charge in [-0.2, -0.15) is 5.10 Å². The molecule has 0 bridgehead atoms. The zero-order valence-corrected chi connectivity index (χ0v) is 18.1. The molecule has 1 fully saturated rings. The third-order valence-corrected chi connectivity index (χ3v) is 5.83. The Kier molecular flexibility index (Phi) is 6.32.